The van der Waals surface area contributed by atoms with Crippen LogP contribution in [0.25, 0.3) is 0 Å². The predicted octanol–water partition coefficient (Wildman–Crippen LogP) is 3.70. The second-order valence-corrected chi connectivity index (χ2v) is 9.97. The van der Waals surface area contributed by atoms with E-state index in [1.54, 1.807) is 24.3 Å². The summed E-state index contributed by atoms with van der Waals surface area (Å²) in [6.45, 7) is -0.0328. The van der Waals surface area contributed by atoms with Gasteiger partial charge in [-0.25, -0.2) is 0 Å². The van der Waals surface area contributed by atoms with Gasteiger partial charge in [-0.05, 0) is 80.5 Å². The molecule has 0 unspecified atom stereocenters. The molecule has 6 heteroatoms. The highest BCUT2D eigenvalue weighted by Gasteiger charge is 2.51. The first-order chi connectivity index (χ1) is 15.4. The summed E-state index contributed by atoms with van der Waals surface area (Å²) in [5.41, 5.74) is 7.09. The van der Waals surface area contributed by atoms with E-state index in [1.165, 1.54) is 24.2 Å². The highest BCUT2D eigenvalue weighted by molar-refractivity contribution is 6.10. The highest BCUT2D eigenvalue weighted by Crippen LogP contribution is 2.55. The topological polar surface area (TPSA) is 99.3 Å². The normalized spacial score (nSPS) is 27.7. The summed E-state index contributed by atoms with van der Waals surface area (Å²) in [7, 11) is 0. The van der Waals surface area contributed by atoms with E-state index in [2.05, 4.69) is 5.32 Å². The van der Waals surface area contributed by atoms with Gasteiger partial charge in [0, 0.05) is 22.4 Å². The Morgan fingerprint density at radius 3 is 2.12 bits per heavy atom. The average molecular weight is 431 g/mol. The number of amides is 2. The number of amidine groups is 1. The number of nitrogens with one attached hydrogen (secondary N) is 2. The van der Waals surface area contributed by atoms with Gasteiger partial charge >= 0.3 is 0 Å². The molecule has 0 heterocycles. The molecule has 2 aromatic rings. The number of hydrogen-bond donors (Lipinski definition) is 3. The molecule has 0 saturated heterocycles. The van der Waals surface area contributed by atoms with E-state index in [4.69, 9.17) is 11.1 Å². The molecule has 0 aliphatic heterocycles. The highest BCUT2D eigenvalue weighted by atomic mass is 16.2. The van der Waals surface area contributed by atoms with Crippen LogP contribution >= 0.6 is 0 Å². The van der Waals surface area contributed by atoms with E-state index in [0.717, 1.165) is 37.0 Å². The Balaban J connectivity index is 1.37. The molecule has 6 rings (SSSR count). The van der Waals surface area contributed by atoms with Gasteiger partial charge in [-0.3, -0.25) is 19.9 Å². The molecule has 2 aromatic carbocycles. The first kappa shape index (κ1) is 20.7. The molecule has 4 aliphatic rings. The lowest BCUT2D eigenvalue weighted by Gasteiger charge is -2.57. The van der Waals surface area contributed by atoms with Crippen molar-refractivity contribution in [2.75, 3.05) is 11.4 Å². The van der Waals surface area contributed by atoms with Gasteiger partial charge in [-0.2, -0.15) is 0 Å². The maximum absolute atomic E-state index is 13.5. The van der Waals surface area contributed by atoms with Gasteiger partial charge in [-0.1, -0.05) is 30.3 Å². The molecular weight excluding hydrogens is 400 g/mol. The number of rotatable bonds is 6. The molecule has 2 amide bonds. The van der Waals surface area contributed by atoms with Crippen molar-refractivity contribution in [3.8, 4) is 0 Å². The minimum atomic E-state index is -0.278. The van der Waals surface area contributed by atoms with Gasteiger partial charge < -0.3 is 11.1 Å². The molecule has 0 spiro atoms. The number of anilines is 1. The molecular formula is C26H30N4O2. The fourth-order valence-electron chi connectivity index (χ4n) is 6.61. The monoisotopic (exact) mass is 430 g/mol. The van der Waals surface area contributed by atoms with Crippen molar-refractivity contribution in [3.63, 3.8) is 0 Å². The van der Waals surface area contributed by atoms with Crippen molar-refractivity contribution in [2.24, 2.45) is 23.5 Å². The van der Waals surface area contributed by atoms with Crippen LogP contribution in [0.4, 0.5) is 5.69 Å². The third-order valence-electron chi connectivity index (χ3n) is 7.48. The SMILES string of the molecule is N=C(N)c1cccc(C(=O)N(CC(=O)NC23CC4CC(CC(C4)C2)C3)c2ccccc2)c1. The Morgan fingerprint density at radius 1 is 0.938 bits per heavy atom. The molecule has 0 aromatic heterocycles. The van der Waals surface area contributed by atoms with Crippen LogP contribution < -0.4 is 16.0 Å². The average Bonchev–Trinajstić information content (AvgIpc) is 2.76. The standard InChI is InChI=1S/C26H30N4O2/c27-24(28)20-5-4-6-21(12-20)25(32)30(22-7-2-1-3-8-22)16-23(31)29-26-13-17-9-18(14-26)11-19(10-17)15-26/h1-8,12,17-19H,9-11,13-16H2,(H3,27,28)(H,29,31). The van der Waals surface area contributed by atoms with Gasteiger partial charge in [0.1, 0.15) is 12.4 Å². The van der Waals surface area contributed by atoms with Gasteiger partial charge in [-0.15, -0.1) is 0 Å². The van der Waals surface area contributed by atoms with Crippen molar-refractivity contribution in [1.82, 2.24) is 5.32 Å². The second-order valence-electron chi connectivity index (χ2n) is 9.97. The minimum absolute atomic E-state index is 0.0328. The Labute approximate surface area is 188 Å². The fourth-order valence-corrected chi connectivity index (χ4v) is 6.61. The zero-order valence-corrected chi connectivity index (χ0v) is 18.2. The zero-order chi connectivity index (χ0) is 22.3. The first-order valence-electron chi connectivity index (χ1n) is 11.5. The second kappa shape index (κ2) is 8.08. The summed E-state index contributed by atoms with van der Waals surface area (Å²) < 4.78 is 0. The molecule has 166 valence electrons. The van der Waals surface area contributed by atoms with E-state index >= 15 is 0 Å². The van der Waals surface area contributed by atoms with E-state index in [9.17, 15) is 9.59 Å². The fraction of sp³-hybridized carbons (Fsp3) is 0.423. The third-order valence-corrected chi connectivity index (χ3v) is 7.48. The molecule has 0 atom stereocenters. The number of nitrogens with zero attached hydrogens (tertiary/aromatic N) is 1. The van der Waals surface area contributed by atoms with Crippen molar-refractivity contribution in [1.29, 1.82) is 5.41 Å². The Hall–Kier alpha value is -3.15. The summed E-state index contributed by atoms with van der Waals surface area (Å²) >= 11 is 0. The van der Waals surface area contributed by atoms with Crippen molar-refractivity contribution >= 4 is 23.3 Å². The van der Waals surface area contributed by atoms with Gasteiger partial charge in [0.15, 0.2) is 0 Å². The summed E-state index contributed by atoms with van der Waals surface area (Å²) in [6.07, 6.45) is 7.17. The number of nitrogens with two attached hydrogens (primary N) is 1. The smallest absolute Gasteiger partial charge is 0.258 e. The van der Waals surface area contributed by atoms with Crippen molar-refractivity contribution in [2.45, 2.75) is 44.1 Å². The molecule has 4 saturated carbocycles. The first-order valence-corrected chi connectivity index (χ1v) is 11.5. The summed E-state index contributed by atoms with van der Waals surface area (Å²) in [5, 5.41) is 11.0. The number of carbonyl (C=O) groups excluding carboxylic acids is 2. The van der Waals surface area contributed by atoms with E-state index in [1.807, 2.05) is 30.3 Å². The van der Waals surface area contributed by atoms with E-state index < -0.39 is 0 Å². The zero-order valence-electron chi connectivity index (χ0n) is 18.2. The van der Waals surface area contributed by atoms with Crippen LogP contribution in [0, 0.1) is 23.2 Å². The van der Waals surface area contributed by atoms with Crippen LogP contribution in [0.3, 0.4) is 0 Å². The maximum Gasteiger partial charge on any atom is 0.258 e. The molecule has 4 aliphatic carbocycles. The lowest BCUT2D eigenvalue weighted by molar-refractivity contribution is -0.125. The number of nitrogen functional groups attached to an aromatic ring is 1. The van der Waals surface area contributed by atoms with E-state index in [-0.39, 0.29) is 29.7 Å². The Bertz CT molecular complexity index is 1010. The molecule has 4 N–H and O–H groups in total. The number of carbonyl (C=O) groups is 2. The van der Waals surface area contributed by atoms with Crippen molar-refractivity contribution in [3.05, 3.63) is 65.7 Å². The summed E-state index contributed by atoms with van der Waals surface area (Å²) in [5.74, 6) is 1.74. The molecule has 0 radical (unpaired) electrons. The quantitative estimate of drug-likeness (QED) is 0.481. The number of hydrogen-bond acceptors (Lipinski definition) is 3. The van der Waals surface area contributed by atoms with E-state index in [0.29, 0.717) is 16.8 Å². The third kappa shape index (κ3) is 4.01. The van der Waals surface area contributed by atoms with Crippen LogP contribution in [-0.2, 0) is 4.79 Å². The van der Waals surface area contributed by atoms with Crippen LogP contribution in [0.5, 0.6) is 0 Å². The van der Waals surface area contributed by atoms with Crippen molar-refractivity contribution < 1.29 is 9.59 Å². The largest absolute Gasteiger partial charge is 0.384 e. The summed E-state index contributed by atoms with van der Waals surface area (Å²) in [4.78, 5) is 28.2. The van der Waals surface area contributed by atoms with Crippen LogP contribution in [0.1, 0.15) is 54.4 Å². The lowest BCUT2D eigenvalue weighted by Crippen LogP contribution is -2.61. The maximum atomic E-state index is 13.5. The predicted molar refractivity (Wildman–Crippen MR) is 125 cm³/mol. The summed E-state index contributed by atoms with van der Waals surface area (Å²) in [6, 6.07) is 16.0. The van der Waals surface area contributed by atoms with Gasteiger partial charge in [0.2, 0.25) is 5.91 Å². The van der Waals surface area contributed by atoms with Crippen LogP contribution in [-0.4, -0.2) is 29.7 Å². The molecule has 32 heavy (non-hydrogen) atoms. The number of para-hydroxylation sites is 1. The van der Waals surface area contributed by atoms with Crippen LogP contribution in [0.15, 0.2) is 54.6 Å². The minimum Gasteiger partial charge on any atom is -0.384 e. The van der Waals surface area contributed by atoms with Crippen LogP contribution in [0.2, 0.25) is 0 Å². The number of benzene rings is 2. The Kier molecular flexibility index (Phi) is 5.24. The lowest BCUT2D eigenvalue weighted by atomic mass is 9.53. The molecule has 4 fully saturated rings. The molecule has 6 nitrogen and oxygen atoms in total. The van der Waals surface area contributed by atoms with Gasteiger partial charge in [0.05, 0.1) is 0 Å². The van der Waals surface area contributed by atoms with Gasteiger partial charge in [0.25, 0.3) is 5.91 Å². The molecule has 4 bridgehead atoms. The Morgan fingerprint density at radius 2 is 1.53 bits per heavy atom.